The second-order valence-corrected chi connectivity index (χ2v) is 6.61. The summed E-state index contributed by atoms with van der Waals surface area (Å²) in [5, 5.41) is 0. The lowest BCUT2D eigenvalue weighted by Crippen LogP contribution is -2.44. The van der Waals surface area contributed by atoms with Gasteiger partial charge in [0.15, 0.2) is 6.61 Å². The van der Waals surface area contributed by atoms with Crippen molar-refractivity contribution in [2.24, 2.45) is 0 Å². The third-order valence-electron chi connectivity index (χ3n) is 4.76. The van der Waals surface area contributed by atoms with Gasteiger partial charge in [-0.25, -0.2) is 14.8 Å². The highest BCUT2D eigenvalue weighted by atomic mass is 16.5. The van der Waals surface area contributed by atoms with Crippen LogP contribution in [0.25, 0.3) is 11.0 Å². The molecule has 1 aromatic carbocycles. The molecule has 0 radical (unpaired) electrons. The Balaban J connectivity index is 1.67. The number of carbonyl (C=O) groups excluding carboxylic acids is 2. The number of hydrogen-bond donors (Lipinski definition) is 0. The number of hydrogen-bond acceptors (Lipinski definition) is 5. The van der Waals surface area contributed by atoms with Crippen LogP contribution in [0.1, 0.15) is 47.9 Å². The molecule has 0 aliphatic carbocycles. The molecule has 2 aromatic rings. The highest BCUT2D eigenvalue weighted by Gasteiger charge is 2.24. The van der Waals surface area contributed by atoms with E-state index in [1.807, 2.05) is 20.8 Å². The summed E-state index contributed by atoms with van der Waals surface area (Å²) in [7, 11) is 0. The van der Waals surface area contributed by atoms with Crippen LogP contribution in [-0.4, -0.2) is 45.9 Å². The average molecular weight is 341 g/mol. The Labute approximate surface area is 147 Å². The number of benzene rings is 1. The normalized spacial score (nSPS) is 17.6. The van der Waals surface area contributed by atoms with Crippen LogP contribution in [0.5, 0.6) is 0 Å². The first kappa shape index (κ1) is 17.3. The molecule has 6 heteroatoms. The molecular weight excluding hydrogens is 318 g/mol. The van der Waals surface area contributed by atoms with Gasteiger partial charge >= 0.3 is 5.97 Å². The molecule has 6 nitrogen and oxygen atoms in total. The van der Waals surface area contributed by atoms with Crippen LogP contribution in [0, 0.1) is 13.8 Å². The monoisotopic (exact) mass is 341 g/mol. The number of likely N-dealkylation sites (tertiary alicyclic amines) is 1. The predicted octanol–water partition coefficient (Wildman–Crippen LogP) is 2.80. The molecule has 1 atom stereocenters. The molecule has 1 amide bonds. The number of esters is 1. The van der Waals surface area contributed by atoms with Gasteiger partial charge in [-0.05, 0) is 58.2 Å². The van der Waals surface area contributed by atoms with E-state index in [4.69, 9.17) is 4.74 Å². The van der Waals surface area contributed by atoms with Gasteiger partial charge in [0.1, 0.15) is 0 Å². The topological polar surface area (TPSA) is 72.4 Å². The van der Waals surface area contributed by atoms with Gasteiger partial charge in [-0.3, -0.25) is 4.79 Å². The largest absolute Gasteiger partial charge is 0.452 e. The van der Waals surface area contributed by atoms with Gasteiger partial charge in [0, 0.05) is 12.6 Å². The van der Waals surface area contributed by atoms with E-state index >= 15 is 0 Å². The maximum absolute atomic E-state index is 12.3. The summed E-state index contributed by atoms with van der Waals surface area (Å²) in [6.07, 6.45) is 3.15. The summed E-state index contributed by atoms with van der Waals surface area (Å²) < 4.78 is 5.22. The summed E-state index contributed by atoms with van der Waals surface area (Å²) in [5.74, 6) is -0.646. The summed E-state index contributed by atoms with van der Waals surface area (Å²) in [5.41, 5.74) is 3.45. The number of nitrogens with zero attached hydrogens (tertiary/aromatic N) is 3. The predicted molar refractivity (Wildman–Crippen MR) is 94.3 cm³/mol. The second kappa shape index (κ2) is 7.17. The Morgan fingerprint density at radius 1 is 1.16 bits per heavy atom. The minimum absolute atomic E-state index is 0.132. The van der Waals surface area contributed by atoms with Crippen molar-refractivity contribution >= 4 is 22.9 Å². The van der Waals surface area contributed by atoms with Crippen LogP contribution in [0.3, 0.4) is 0 Å². The number of aryl methyl sites for hydroxylation is 2. The lowest BCUT2D eigenvalue weighted by Gasteiger charge is -2.33. The van der Waals surface area contributed by atoms with Crippen molar-refractivity contribution in [2.75, 3.05) is 13.2 Å². The molecule has 1 aromatic heterocycles. The molecule has 0 spiro atoms. The average Bonchev–Trinajstić information content (AvgIpc) is 2.60. The molecule has 0 N–H and O–H groups in total. The fourth-order valence-electron chi connectivity index (χ4n) is 3.12. The Morgan fingerprint density at radius 3 is 2.60 bits per heavy atom. The van der Waals surface area contributed by atoms with Crippen molar-refractivity contribution in [1.82, 2.24) is 14.9 Å². The number of amides is 1. The summed E-state index contributed by atoms with van der Waals surface area (Å²) >= 11 is 0. The number of piperidine rings is 1. The van der Waals surface area contributed by atoms with Crippen LogP contribution < -0.4 is 0 Å². The van der Waals surface area contributed by atoms with E-state index < -0.39 is 5.97 Å². The van der Waals surface area contributed by atoms with Crippen LogP contribution in [-0.2, 0) is 9.53 Å². The number of fused-ring (bicyclic) bond motifs is 1. The molecule has 3 rings (SSSR count). The number of rotatable bonds is 3. The number of aromatic nitrogens is 2. The van der Waals surface area contributed by atoms with Gasteiger partial charge in [-0.2, -0.15) is 0 Å². The summed E-state index contributed by atoms with van der Waals surface area (Å²) in [6, 6.07) is 5.27. The number of carbonyl (C=O) groups is 2. The Bertz CT molecular complexity index is 819. The molecule has 1 saturated heterocycles. The van der Waals surface area contributed by atoms with Gasteiger partial charge in [0.25, 0.3) is 5.91 Å². The zero-order valence-corrected chi connectivity index (χ0v) is 14.9. The van der Waals surface area contributed by atoms with Crippen molar-refractivity contribution in [3.63, 3.8) is 0 Å². The van der Waals surface area contributed by atoms with E-state index in [0.717, 1.165) is 42.7 Å². The van der Waals surface area contributed by atoms with E-state index in [1.165, 1.54) is 0 Å². The smallest absolute Gasteiger partial charge is 0.338 e. The molecule has 2 heterocycles. The van der Waals surface area contributed by atoms with E-state index in [0.29, 0.717) is 11.1 Å². The lowest BCUT2D eigenvalue weighted by molar-refractivity contribution is -0.137. The third-order valence-corrected chi connectivity index (χ3v) is 4.76. The molecule has 0 unspecified atom stereocenters. The van der Waals surface area contributed by atoms with E-state index in [-0.39, 0.29) is 18.6 Å². The quantitative estimate of drug-likeness (QED) is 0.803. The molecule has 1 aliphatic heterocycles. The molecular formula is C19H23N3O3. The van der Waals surface area contributed by atoms with Crippen molar-refractivity contribution in [1.29, 1.82) is 0 Å². The minimum Gasteiger partial charge on any atom is -0.452 e. The minimum atomic E-state index is -0.514. The van der Waals surface area contributed by atoms with Crippen molar-refractivity contribution in [2.45, 2.75) is 46.1 Å². The Kier molecular flexibility index (Phi) is 4.97. The zero-order valence-electron chi connectivity index (χ0n) is 14.9. The summed E-state index contributed by atoms with van der Waals surface area (Å²) in [6.45, 7) is 6.33. The lowest BCUT2D eigenvalue weighted by atomic mass is 10.0. The Morgan fingerprint density at radius 2 is 1.88 bits per heavy atom. The highest BCUT2D eigenvalue weighted by Crippen LogP contribution is 2.17. The fourth-order valence-corrected chi connectivity index (χ4v) is 3.12. The summed E-state index contributed by atoms with van der Waals surface area (Å²) in [4.78, 5) is 35.2. The molecule has 132 valence electrons. The van der Waals surface area contributed by atoms with Crippen molar-refractivity contribution in [3.8, 4) is 0 Å². The standard InChI is InChI=1S/C19H23N3O3/c1-12-6-4-5-9-22(12)18(23)11-25-19(24)15-7-8-16-17(10-15)21-14(3)13(2)20-16/h7-8,10,12H,4-6,9,11H2,1-3H3/t12-/m1/s1. The highest BCUT2D eigenvalue weighted by molar-refractivity contribution is 5.94. The first-order valence-electron chi connectivity index (χ1n) is 8.67. The van der Waals surface area contributed by atoms with Gasteiger partial charge in [0.05, 0.1) is 28.0 Å². The van der Waals surface area contributed by atoms with E-state index in [1.54, 1.807) is 23.1 Å². The maximum Gasteiger partial charge on any atom is 0.338 e. The maximum atomic E-state index is 12.3. The van der Waals surface area contributed by atoms with Crippen molar-refractivity contribution in [3.05, 3.63) is 35.2 Å². The van der Waals surface area contributed by atoms with Gasteiger partial charge < -0.3 is 9.64 Å². The molecule has 1 aliphatic rings. The van der Waals surface area contributed by atoms with Crippen LogP contribution in [0.4, 0.5) is 0 Å². The van der Waals surface area contributed by atoms with Gasteiger partial charge in [0.2, 0.25) is 0 Å². The second-order valence-electron chi connectivity index (χ2n) is 6.61. The fraction of sp³-hybridized carbons (Fsp3) is 0.474. The van der Waals surface area contributed by atoms with Crippen LogP contribution >= 0.6 is 0 Å². The Hall–Kier alpha value is -2.50. The third kappa shape index (κ3) is 3.78. The van der Waals surface area contributed by atoms with E-state index in [9.17, 15) is 9.59 Å². The van der Waals surface area contributed by atoms with Crippen molar-refractivity contribution < 1.29 is 14.3 Å². The van der Waals surface area contributed by atoms with Crippen LogP contribution in [0.15, 0.2) is 18.2 Å². The first-order valence-corrected chi connectivity index (χ1v) is 8.67. The van der Waals surface area contributed by atoms with Gasteiger partial charge in [-0.1, -0.05) is 0 Å². The van der Waals surface area contributed by atoms with Gasteiger partial charge in [-0.15, -0.1) is 0 Å². The zero-order chi connectivity index (χ0) is 18.0. The van der Waals surface area contributed by atoms with E-state index in [2.05, 4.69) is 9.97 Å². The first-order chi connectivity index (χ1) is 12.0. The SMILES string of the molecule is Cc1nc2ccc(C(=O)OCC(=O)N3CCCC[C@H]3C)cc2nc1C. The molecule has 0 bridgehead atoms. The van der Waals surface area contributed by atoms with Crippen LogP contribution in [0.2, 0.25) is 0 Å². The molecule has 0 saturated carbocycles. The molecule has 25 heavy (non-hydrogen) atoms. The number of ether oxygens (including phenoxy) is 1. The molecule has 1 fully saturated rings.